The van der Waals surface area contributed by atoms with Crippen molar-refractivity contribution in [3.05, 3.63) is 0 Å². The van der Waals surface area contributed by atoms with E-state index in [1.165, 1.54) is 4.90 Å². The number of ether oxygens (including phenoxy) is 3. The number of carbonyl (C=O) groups excluding carboxylic acids is 1. The molecule has 7 nitrogen and oxygen atoms in total. The monoisotopic (exact) mass is 273 g/mol. The van der Waals surface area contributed by atoms with Gasteiger partial charge >= 0.3 is 5.97 Å². The lowest BCUT2D eigenvalue weighted by Gasteiger charge is -2.30. The van der Waals surface area contributed by atoms with E-state index < -0.39 is 12.1 Å². The number of rotatable bonds is 5. The summed E-state index contributed by atoms with van der Waals surface area (Å²) in [5.41, 5.74) is 0. The third kappa shape index (κ3) is 4.15. The molecule has 2 heterocycles. The number of nitrogens with zero attached hydrogens (tertiary/aromatic N) is 1. The maximum absolute atomic E-state index is 11.9. The van der Waals surface area contributed by atoms with E-state index in [4.69, 9.17) is 19.3 Å². The van der Waals surface area contributed by atoms with Crippen molar-refractivity contribution in [1.82, 2.24) is 4.90 Å². The maximum Gasteiger partial charge on any atom is 0.334 e. The Bertz CT molecular complexity index is 328. The second-order valence-corrected chi connectivity index (χ2v) is 4.69. The average Bonchev–Trinajstić information content (AvgIpc) is 2.92. The van der Waals surface area contributed by atoms with Gasteiger partial charge in [0, 0.05) is 13.2 Å². The first-order valence-corrected chi connectivity index (χ1v) is 6.48. The van der Waals surface area contributed by atoms with Crippen LogP contribution >= 0.6 is 0 Å². The lowest BCUT2D eigenvalue weighted by molar-refractivity contribution is -0.160. The summed E-state index contributed by atoms with van der Waals surface area (Å²) in [5.74, 6) is -1.25. The van der Waals surface area contributed by atoms with Crippen molar-refractivity contribution in [3.63, 3.8) is 0 Å². The lowest BCUT2D eigenvalue weighted by atomic mass is 10.2. The number of morpholine rings is 1. The molecular weight excluding hydrogens is 254 g/mol. The molecule has 0 aromatic rings. The minimum absolute atomic E-state index is 0.0355. The van der Waals surface area contributed by atoms with Crippen LogP contribution in [0.2, 0.25) is 0 Å². The summed E-state index contributed by atoms with van der Waals surface area (Å²) < 4.78 is 15.8. The van der Waals surface area contributed by atoms with Crippen LogP contribution in [0.25, 0.3) is 0 Å². The van der Waals surface area contributed by atoms with Gasteiger partial charge in [-0.05, 0) is 12.8 Å². The number of hydrogen-bond acceptors (Lipinski definition) is 5. The molecule has 2 aliphatic heterocycles. The maximum atomic E-state index is 11.9. The van der Waals surface area contributed by atoms with Gasteiger partial charge in [0.1, 0.15) is 6.61 Å². The molecule has 0 spiro atoms. The van der Waals surface area contributed by atoms with Gasteiger partial charge in [-0.15, -0.1) is 0 Å². The molecule has 2 fully saturated rings. The largest absolute Gasteiger partial charge is 0.479 e. The summed E-state index contributed by atoms with van der Waals surface area (Å²) in [4.78, 5) is 24.1. The molecule has 0 saturated carbocycles. The van der Waals surface area contributed by atoms with E-state index >= 15 is 0 Å². The van der Waals surface area contributed by atoms with E-state index in [0.717, 1.165) is 19.4 Å². The molecule has 7 heteroatoms. The highest BCUT2D eigenvalue weighted by Gasteiger charge is 2.29. The van der Waals surface area contributed by atoms with E-state index in [0.29, 0.717) is 13.2 Å². The Morgan fingerprint density at radius 1 is 1.32 bits per heavy atom. The number of carboxylic acids is 1. The Kier molecular flexibility index (Phi) is 5.12. The zero-order chi connectivity index (χ0) is 13.7. The molecule has 0 bridgehead atoms. The van der Waals surface area contributed by atoms with E-state index in [1.54, 1.807) is 0 Å². The number of carboxylic acid groups (broad SMARTS) is 1. The topological polar surface area (TPSA) is 85.3 Å². The lowest BCUT2D eigenvalue weighted by Crippen LogP contribution is -2.49. The van der Waals surface area contributed by atoms with Gasteiger partial charge in [0.15, 0.2) is 6.10 Å². The summed E-state index contributed by atoms with van der Waals surface area (Å²) >= 11 is 0. The highest BCUT2D eigenvalue weighted by Crippen LogP contribution is 2.12. The predicted octanol–water partition coefficient (Wildman–Crippen LogP) is -0.506. The second-order valence-electron chi connectivity index (χ2n) is 4.69. The van der Waals surface area contributed by atoms with Crippen LogP contribution in [0.5, 0.6) is 0 Å². The molecule has 0 aliphatic carbocycles. The zero-order valence-corrected chi connectivity index (χ0v) is 10.7. The normalized spacial score (nSPS) is 27.5. The molecule has 0 aromatic heterocycles. The summed E-state index contributed by atoms with van der Waals surface area (Å²) in [6, 6.07) is 0. The van der Waals surface area contributed by atoms with Crippen LogP contribution in [0.15, 0.2) is 0 Å². The van der Waals surface area contributed by atoms with Gasteiger partial charge in [-0.3, -0.25) is 4.79 Å². The molecule has 2 atom stereocenters. The smallest absolute Gasteiger partial charge is 0.334 e. The molecule has 2 aliphatic rings. The van der Waals surface area contributed by atoms with Gasteiger partial charge in [0.25, 0.3) is 0 Å². The number of carbonyl (C=O) groups is 2. The fourth-order valence-corrected chi connectivity index (χ4v) is 2.17. The van der Waals surface area contributed by atoms with Crippen molar-refractivity contribution in [2.45, 2.75) is 25.0 Å². The number of aliphatic carboxylic acids is 1. The molecule has 0 unspecified atom stereocenters. The minimum atomic E-state index is -1.04. The van der Waals surface area contributed by atoms with Gasteiger partial charge in [0.05, 0.1) is 25.9 Å². The van der Waals surface area contributed by atoms with E-state index in [1.807, 2.05) is 0 Å². The molecule has 19 heavy (non-hydrogen) atoms. The Morgan fingerprint density at radius 3 is 2.84 bits per heavy atom. The van der Waals surface area contributed by atoms with Crippen molar-refractivity contribution in [2.75, 3.05) is 39.5 Å². The Hall–Kier alpha value is -1.18. The molecule has 108 valence electrons. The quantitative estimate of drug-likeness (QED) is 0.726. The first kappa shape index (κ1) is 14.2. The predicted molar refractivity (Wildman–Crippen MR) is 63.7 cm³/mol. The van der Waals surface area contributed by atoms with Crippen molar-refractivity contribution >= 4 is 11.9 Å². The molecule has 2 saturated heterocycles. The van der Waals surface area contributed by atoms with Crippen molar-refractivity contribution in [1.29, 1.82) is 0 Å². The van der Waals surface area contributed by atoms with Crippen molar-refractivity contribution in [2.24, 2.45) is 0 Å². The molecule has 0 radical (unpaired) electrons. The van der Waals surface area contributed by atoms with Crippen LogP contribution in [-0.2, 0) is 23.8 Å². The van der Waals surface area contributed by atoms with Gasteiger partial charge < -0.3 is 24.2 Å². The number of hydrogen-bond donors (Lipinski definition) is 1. The summed E-state index contributed by atoms with van der Waals surface area (Å²) in [6.45, 7) is 1.87. The van der Waals surface area contributed by atoms with Crippen LogP contribution in [0, 0.1) is 0 Å². The van der Waals surface area contributed by atoms with Gasteiger partial charge in [-0.1, -0.05) is 0 Å². The second kappa shape index (κ2) is 6.83. The summed E-state index contributed by atoms with van der Waals surface area (Å²) in [7, 11) is 0. The van der Waals surface area contributed by atoms with E-state index in [-0.39, 0.29) is 31.8 Å². The Labute approximate surface area is 111 Å². The highest BCUT2D eigenvalue weighted by molar-refractivity contribution is 5.79. The van der Waals surface area contributed by atoms with Gasteiger partial charge in [-0.25, -0.2) is 4.79 Å². The first-order valence-electron chi connectivity index (χ1n) is 6.48. The fraction of sp³-hybridized carbons (Fsp3) is 0.833. The Morgan fingerprint density at radius 2 is 2.16 bits per heavy atom. The van der Waals surface area contributed by atoms with Crippen molar-refractivity contribution < 1.29 is 28.9 Å². The molecular formula is C12H19NO6. The van der Waals surface area contributed by atoms with Crippen LogP contribution in [0.1, 0.15) is 12.8 Å². The minimum Gasteiger partial charge on any atom is -0.479 e. The average molecular weight is 273 g/mol. The molecule has 0 aromatic carbocycles. The number of amides is 1. The van der Waals surface area contributed by atoms with Crippen molar-refractivity contribution in [3.8, 4) is 0 Å². The zero-order valence-electron chi connectivity index (χ0n) is 10.7. The van der Waals surface area contributed by atoms with Crippen LogP contribution in [0.3, 0.4) is 0 Å². The van der Waals surface area contributed by atoms with E-state index in [9.17, 15) is 9.59 Å². The molecule has 1 amide bonds. The standard InChI is InChI=1S/C12H19NO6/c14-11(8-17-7-9-2-1-4-18-9)13-3-5-19-10(6-13)12(15)16/h9-10H,1-8H2,(H,15,16)/t9-,10+/m0/s1. The summed E-state index contributed by atoms with van der Waals surface area (Å²) in [5, 5.41) is 8.85. The van der Waals surface area contributed by atoms with Gasteiger partial charge in [0.2, 0.25) is 5.91 Å². The van der Waals surface area contributed by atoms with Crippen LogP contribution < -0.4 is 0 Å². The van der Waals surface area contributed by atoms with Gasteiger partial charge in [-0.2, -0.15) is 0 Å². The molecule has 1 N–H and O–H groups in total. The Balaban J connectivity index is 1.68. The van der Waals surface area contributed by atoms with E-state index in [2.05, 4.69) is 0 Å². The SMILES string of the molecule is O=C(O)[C@H]1CN(C(=O)COC[C@@H]2CCCO2)CCO1. The summed E-state index contributed by atoms with van der Waals surface area (Å²) in [6.07, 6.45) is 1.15. The molecule has 2 rings (SSSR count). The van der Waals surface area contributed by atoms with Crippen LogP contribution in [-0.4, -0.2) is 73.6 Å². The fourth-order valence-electron chi connectivity index (χ4n) is 2.17. The third-order valence-electron chi connectivity index (χ3n) is 3.25. The highest BCUT2D eigenvalue weighted by atomic mass is 16.5. The first-order chi connectivity index (χ1) is 9.16. The van der Waals surface area contributed by atoms with Crippen LogP contribution in [0.4, 0.5) is 0 Å². The third-order valence-corrected chi connectivity index (χ3v) is 3.25.